The molecule has 0 saturated carbocycles. The molecule has 0 bridgehead atoms. The molecular weight excluding hydrogens is 414 g/mol. The lowest BCUT2D eigenvalue weighted by atomic mass is 9.89. The van der Waals surface area contributed by atoms with Gasteiger partial charge in [-0.15, -0.1) is 0 Å². The SMILES string of the molecule is COc1cccc2c1NC(C)(C)c1ssc(=Nc3ccc(S(N)(=O)=O)cc3)c1-2. The highest BCUT2D eigenvalue weighted by molar-refractivity contribution is 7.89. The minimum atomic E-state index is -3.72. The summed E-state index contributed by atoms with van der Waals surface area (Å²) in [5.41, 5.74) is 3.50. The number of hydrogen-bond acceptors (Lipinski definition) is 7. The number of sulfonamides is 1. The number of fused-ring (bicyclic) bond motifs is 3. The van der Waals surface area contributed by atoms with Crippen LogP contribution >= 0.6 is 20.7 Å². The van der Waals surface area contributed by atoms with Gasteiger partial charge in [0.05, 0.1) is 33.8 Å². The topological polar surface area (TPSA) is 93.8 Å². The molecule has 28 heavy (non-hydrogen) atoms. The van der Waals surface area contributed by atoms with Crippen LogP contribution in [0, 0.1) is 0 Å². The molecule has 3 aromatic rings. The van der Waals surface area contributed by atoms with Crippen LogP contribution in [-0.2, 0) is 15.6 Å². The number of nitrogens with two attached hydrogens (primary N) is 1. The molecule has 2 aromatic carbocycles. The zero-order valence-electron chi connectivity index (χ0n) is 15.5. The fourth-order valence-electron chi connectivity index (χ4n) is 3.23. The molecule has 0 fully saturated rings. The molecule has 1 aromatic heterocycles. The quantitative estimate of drug-likeness (QED) is 0.610. The average Bonchev–Trinajstić information content (AvgIpc) is 3.06. The number of primary sulfonamides is 1. The Balaban J connectivity index is 1.91. The Hall–Kier alpha value is -2.20. The van der Waals surface area contributed by atoms with E-state index in [1.165, 1.54) is 17.0 Å². The summed E-state index contributed by atoms with van der Waals surface area (Å²) in [4.78, 5) is 6.06. The van der Waals surface area contributed by atoms with Crippen molar-refractivity contribution in [2.24, 2.45) is 10.1 Å². The van der Waals surface area contributed by atoms with Crippen LogP contribution in [0.2, 0.25) is 0 Å². The molecule has 0 atom stereocenters. The van der Waals surface area contributed by atoms with Crippen molar-refractivity contribution in [3.05, 3.63) is 52.0 Å². The van der Waals surface area contributed by atoms with Crippen molar-refractivity contribution < 1.29 is 13.2 Å². The highest BCUT2D eigenvalue weighted by Crippen LogP contribution is 2.48. The lowest BCUT2D eigenvalue weighted by molar-refractivity contribution is 0.414. The number of rotatable bonds is 3. The summed E-state index contributed by atoms with van der Waals surface area (Å²) in [7, 11) is 1.23. The Labute approximate surface area is 170 Å². The second-order valence-corrected chi connectivity index (χ2v) is 10.6. The van der Waals surface area contributed by atoms with Gasteiger partial charge in [-0.25, -0.2) is 18.5 Å². The summed E-state index contributed by atoms with van der Waals surface area (Å²) < 4.78 is 29.3. The predicted molar refractivity (Wildman–Crippen MR) is 114 cm³/mol. The van der Waals surface area contributed by atoms with Gasteiger partial charge in [0.1, 0.15) is 10.4 Å². The first kappa shape index (κ1) is 19.1. The summed E-state index contributed by atoms with van der Waals surface area (Å²) in [6, 6.07) is 12.2. The average molecular weight is 434 g/mol. The smallest absolute Gasteiger partial charge is 0.238 e. The van der Waals surface area contributed by atoms with Gasteiger partial charge in [-0.2, -0.15) is 0 Å². The van der Waals surface area contributed by atoms with Crippen molar-refractivity contribution in [1.82, 2.24) is 0 Å². The van der Waals surface area contributed by atoms with E-state index in [1.54, 1.807) is 39.9 Å². The third-order valence-electron chi connectivity index (χ3n) is 4.56. The molecule has 0 unspecified atom stereocenters. The van der Waals surface area contributed by atoms with E-state index < -0.39 is 10.0 Å². The number of hydrogen-bond donors (Lipinski definition) is 2. The number of ether oxygens (including phenoxy) is 1. The van der Waals surface area contributed by atoms with Gasteiger partial charge in [-0.1, -0.05) is 32.8 Å². The highest BCUT2D eigenvalue weighted by Gasteiger charge is 2.35. The lowest BCUT2D eigenvalue weighted by Crippen LogP contribution is -2.32. The zero-order valence-corrected chi connectivity index (χ0v) is 18.0. The minimum absolute atomic E-state index is 0.0721. The largest absolute Gasteiger partial charge is 0.495 e. The molecule has 0 aliphatic carbocycles. The summed E-state index contributed by atoms with van der Waals surface area (Å²) in [6.07, 6.45) is 0. The number of para-hydroxylation sites is 1. The maximum Gasteiger partial charge on any atom is 0.238 e. The first-order valence-electron chi connectivity index (χ1n) is 8.47. The third kappa shape index (κ3) is 3.24. The fourth-order valence-corrected chi connectivity index (χ4v) is 6.68. The molecule has 0 saturated heterocycles. The van der Waals surface area contributed by atoms with Crippen LogP contribution < -0.4 is 19.9 Å². The predicted octanol–water partition coefficient (Wildman–Crippen LogP) is 4.03. The maximum absolute atomic E-state index is 11.5. The van der Waals surface area contributed by atoms with E-state index >= 15 is 0 Å². The van der Waals surface area contributed by atoms with E-state index in [1.807, 2.05) is 12.1 Å². The van der Waals surface area contributed by atoms with Crippen LogP contribution in [0.1, 0.15) is 18.7 Å². The summed E-state index contributed by atoms with van der Waals surface area (Å²) in [5, 5.41) is 8.75. The van der Waals surface area contributed by atoms with Crippen LogP contribution in [0.25, 0.3) is 11.1 Å². The van der Waals surface area contributed by atoms with Gasteiger partial charge < -0.3 is 10.1 Å². The molecule has 146 valence electrons. The van der Waals surface area contributed by atoms with Gasteiger partial charge in [0.15, 0.2) is 0 Å². The van der Waals surface area contributed by atoms with Crippen LogP contribution in [-0.4, -0.2) is 15.5 Å². The molecule has 0 spiro atoms. The molecule has 0 radical (unpaired) electrons. The molecule has 1 aliphatic heterocycles. The van der Waals surface area contributed by atoms with E-state index in [9.17, 15) is 8.42 Å². The molecule has 3 N–H and O–H groups in total. The van der Waals surface area contributed by atoms with Crippen LogP contribution in [0.15, 0.2) is 52.4 Å². The first-order chi connectivity index (χ1) is 13.2. The Kier molecular flexibility index (Phi) is 4.58. The Bertz CT molecular complexity index is 1220. The monoisotopic (exact) mass is 433 g/mol. The number of methoxy groups -OCH3 is 1. The Morgan fingerprint density at radius 1 is 1.11 bits per heavy atom. The standard InChI is InChI=1S/C19H19N3O3S3/c1-19(2)17-15(13-5-4-6-14(25-3)16(13)22-19)18(27-26-17)21-11-7-9-12(10-8-11)28(20,23)24/h4-10,22H,1-3H3,(H2,20,23,24). The summed E-state index contributed by atoms with van der Waals surface area (Å²) in [6.45, 7) is 4.27. The number of nitrogens with zero attached hydrogens (tertiary/aromatic N) is 1. The zero-order chi connectivity index (χ0) is 20.1. The highest BCUT2D eigenvalue weighted by atomic mass is 32.9. The molecule has 6 nitrogen and oxygen atoms in total. The number of benzene rings is 2. The normalized spacial score (nSPS) is 15.5. The summed E-state index contributed by atoms with van der Waals surface area (Å²) >= 11 is 0. The van der Waals surface area contributed by atoms with E-state index in [2.05, 4.69) is 25.2 Å². The third-order valence-corrected chi connectivity index (χ3v) is 8.13. The molecule has 0 amide bonds. The molecule has 4 rings (SSSR count). The van der Waals surface area contributed by atoms with Gasteiger partial charge in [0, 0.05) is 11.1 Å². The Morgan fingerprint density at radius 3 is 2.46 bits per heavy atom. The molecule has 2 heterocycles. The van der Waals surface area contributed by atoms with Gasteiger partial charge in [0.2, 0.25) is 10.0 Å². The van der Waals surface area contributed by atoms with Crippen molar-refractivity contribution >= 4 is 42.1 Å². The van der Waals surface area contributed by atoms with Gasteiger partial charge >= 0.3 is 0 Å². The Morgan fingerprint density at radius 2 is 1.82 bits per heavy atom. The molecule has 9 heteroatoms. The van der Waals surface area contributed by atoms with Crippen LogP contribution in [0.3, 0.4) is 0 Å². The van der Waals surface area contributed by atoms with Crippen molar-refractivity contribution in [1.29, 1.82) is 0 Å². The van der Waals surface area contributed by atoms with E-state index in [4.69, 9.17) is 14.9 Å². The van der Waals surface area contributed by atoms with E-state index in [0.717, 1.165) is 27.2 Å². The van der Waals surface area contributed by atoms with E-state index in [-0.39, 0.29) is 10.4 Å². The van der Waals surface area contributed by atoms with Crippen molar-refractivity contribution in [3.63, 3.8) is 0 Å². The van der Waals surface area contributed by atoms with Crippen molar-refractivity contribution in [3.8, 4) is 16.9 Å². The lowest BCUT2D eigenvalue weighted by Gasteiger charge is -2.34. The summed E-state index contributed by atoms with van der Waals surface area (Å²) in [5.74, 6) is 0.788. The van der Waals surface area contributed by atoms with Crippen LogP contribution in [0.5, 0.6) is 5.75 Å². The van der Waals surface area contributed by atoms with Crippen molar-refractivity contribution in [2.75, 3.05) is 12.4 Å². The fraction of sp³-hybridized carbons (Fsp3) is 0.211. The van der Waals surface area contributed by atoms with Crippen molar-refractivity contribution in [2.45, 2.75) is 24.3 Å². The van der Waals surface area contributed by atoms with Crippen LogP contribution in [0.4, 0.5) is 11.4 Å². The first-order valence-corrected chi connectivity index (χ1v) is 12.2. The van der Waals surface area contributed by atoms with Gasteiger partial charge in [-0.3, -0.25) is 0 Å². The number of anilines is 1. The van der Waals surface area contributed by atoms with E-state index in [0.29, 0.717) is 5.69 Å². The number of nitrogens with one attached hydrogen (secondary N) is 1. The second kappa shape index (κ2) is 6.70. The van der Waals surface area contributed by atoms with Gasteiger partial charge in [0.25, 0.3) is 0 Å². The van der Waals surface area contributed by atoms with Gasteiger partial charge in [-0.05, 0) is 44.2 Å². The molecular formula is C19H19N3O3S3. The maximum atomic E-state index is 11.5. The molecule has 1 aliphatic rings. The minimum Gasteiger partial charge on any atom is -0.495 e. The second-order valence-electron chi connectivity index (χ2n) is 6.96.